The fraction of sp³-hybridized carbons (Fsp3) is 0.120. The van der Waals surface area contributed by atoms with E-state index in [1.165, 1.54) is 12.1 Å². The number of carbonyl (C=O) groups excluding carboxylic acids is 1. The van der Waals surface area contributed by atoms with Gasteiger partial charge in [0.1, 0.15) is 5.82 Å². The second-order valence-electron chi connectivity index (χ2n) is 7.64. The van der Waals surface area contributed by atoms with Crippen molar-refractivity contribution >= 4 is 21.6 Å². The summed E-state index contributed by atoms with van der Waals surface area (Å²) in [7, 11) is -3.75. The number of imidazole rings is 1. The molecule has 168 valence electrons. The molecule has 4 rings (SSSR count). The summed E-state index contributed by atoms with van der Waals surface area (Å²) in [5.74, 6) is 0.610. The van der Waals surface area contributed by atoms with Crippen molar-refractivity contribution in [3.05, 3.63) is 108 Å². The van der Waals surface area contributed by atoms with E-state index in [4.69, 9.17) is 0 Å². The Bertz CT molecular complexity index is 1380. The molecule has 0 spiro atoms. The predicted molar refractivity (Wildman–Crippen MR) is 128 cm³/mol. The van der Waals surface area contributed by atoms with E-state index in [-0.39, 0.29) is 10.8 Å². The smallest absolute Gasteiger partial charge is 0.261 e. The number of anilines is 1. The van der Waals surface area contributed by atoms with Crippen LogP contribution in [0.5, 0.6) is 0 Å². The van der Waals surface area contributed by atoms with Gasteiger partial charge in [0, 0.05) is 30.2 Å². The third-order valence-electron chi connectivity index (χ3n) is 5.29. The summed E-state index contributed by atoms with van der Waals surface area (Å²) in [6.07, 6.45) is 3.65. The highest BCUT2D eigenvalue weighted by atomic mass is 32.2. The number of hydrogen-bond donors (Lipinski definition) is 2. The lowest BCUT2D eigenvalue weighted by Crippen LogP contribution is -2.23. The van der Waals surface area contributed by atoms with Gasteiger partial charge < -0.3 is 9.88 Å². The SMILES string of the molecule is Cc1ccc(C(=O)NCc2ccc(-n3ccnc3C)cc2)cc1NS(=O)(=O)c1ccccc1. The Labute approximate surface area is 193 Å². The minimum absolute atomic E-state index is 0.161. The van der Waals surface area contributed by atoms with Crippen molar-refractivity contribution in [2.75, 3.05) is 4.72 Å². The summed E-state index contributed by atoms with van der Waals surface area (Å²) in [5.41, 5.74) is 3.40. The van der Waals surface area contributed by atoms with Crippen LogP contribution in [0.15, 0.2) is 90.1 Å². The second kappa shape index (κ2) is 9.30. The number of hydrogen-bond acceptors (Lipinski definition) is 4. The van der Waals surface area contributed by atoms with Crippen LogP contribution in [0.25, 0.3) is 5.69 Å². The van der Waals surface area contributed by atoms with E-state index < -0.39 is 10.0 Å². The van der Waals surface area contributed by atoms with Crippen LogP contribution in [0.1, 0.15) is 27.3 Å². The molecular formula is C25H24N4O3S. The molecule has 0 radical (unpaired) electrons. The summed E-state index contributed by atoms with van der Waals surface area (Å²) in [6, 6.07) is 20.9. The molecule has 0 unspecified atom stereocenters. The van der Waals surface area contributed by atoms with Gasteiger partial charge in [0.2, 0.25) is 0 Å². The highest BCUT2D eigenvalue weighted by Gasteiger charge is 2.16. The maximum atomic E-state index is 12.7. The predicted octanol–water partition coefficient (Wildman–Crippen LogP) is 4.22. The van der Waals surface area contributed by atoms with Crippen molar-refractivity contribution in [2.45, 2.75) is 25.3 Å². The van der Waals surface area contributed by atoms with Gasteiger partial charge in [0.05, 0.1) is 10.6 Å². The number of rotatable bonds is 7. The lowest BCUT2D eigenvalue weighted by molar-refractivity contribution is 0.0951. The Balaban J connectivity index is 1.44. The number of aryl methyl sites for hydroxylation is 2. The lowest BCUT2D eigenvalue weighted by atomic mass is 10.1. The maximum Gasteiger partial charge on any atom is 0.261 e. The molecule has 1 aromatic heterocycles. The van der Waals surface area contributed by atoms with Crippen LogP contribution in [-0.2, 0) is 16.6 Å². The topological polar surface area (TPSA) is 93.1 Å². The van der Waals surface area contributed by atoms with Gasteiger partial charge in [-0.25, -0.2) is 13.4 Å². The molecule has 0 fully saturated rings. The fourth-order valence-corrected chi connectivity index (χ4v) is 4.53. The van der Waals surface area contributed by atoms with Gasteiger partial charge in [0.15, 0.2) is 0 Å². The van der Waals surface area contributed by atoms with E-state index in [1.54, 1.807) is 49.5 Å². The number of nitrogens with one attached hydrogen (secondary N) is 2. The first-order valence-electron chi connectivity index (χ1n) is 10.4. The lowest BCUT2D eigenvalue weighted by Gasteiger charge is -2.13. The Kier molecular flexibility index (Phi) is 6.28. The Morgan fingerprint density at radius 1 is 0.970 bits per heavy atom. The Morgan fingerprint density at radius 2 is 1.70 bits per heavy atom. The number of benzene rings is 3. The molecule has 3 aromatic carbocycles. The van der Waals surface area contributed by atoms with E-state index in [0.717, 1.165) is 22.6 Å². The monoisotopic (exact) mass is 460 g/mol. The highest BCUT2D eigenvalue weighted by Crippen LogP contribution is 2.21. The Morgan fingerprint density at radius 3 is 2.36 bits per heavy atom. The van der Waals surface area contributed by atoms with Gasteiger partial charge in [0.25, 0.3) is 15.9 Å². The number of sulfonamides is 1. The van der Waals surface area contributed by atoms with Crippen molar-refractivity contribution in [1.29, 1.82) is 0 Å². The van der Waals surface area contributed by atoms with Crippen molar-refractivity contribution in [2.24, 2.45) is 0 Å². The summed E-state index contributed by atoms with van der Waals surface area (Å²) in [5, 5.41) is 2.89. The molecule has 0 aliphatic rings. The minimum Gasteiger partial charge on any atom is -0.348 e. The van der Waals surface area contributed by atoms with E-state index >= 15 is 0 Å². The van der Waals surface area contributed by atoms with E-state index in [2.05, 4.69) is 15.0 Å². The van der Waals surface area contributed by atoms with Crippen LogP contribution in [0.4, 0.5) is 5.69 Å². The third kappa shape index (κ3) is 5.12. The zero-order valence-electron chi connectivity index (χ0n) is 18.3. The van der Waals surface area contributed by atoms with Gasteiger partial charge in [-0.1, -0.05) is 36.4 Å². The number of aromatic nitrogens is 2. The molecule has 0 aliphatic carbocycles. The zero-order valence-corrected chi connectivity index (χ0v) is 19.1. The number of nitrogens with zero attached hydrogens (tertiary/aromatic N) is 2. The Hall–Kier alpha value is -3.91. The molecule has 1 amide bonds. The van der Waals surface area contributed by atoms with E-state index in [9.17, 15) is 13.2 Å². The second-order valence-corrected chi connectivity index (χ2v) is 9.32. The third-order valence-corrected chi connectivity index (χ3v) is 6.67. The molecule has 2 N–H and O–H groups in total. The summed E-state index contributed by atoms with van der Waals surface area (Å²) >= 11 is 0. The van der Waals surface area contributed by atoms with E-state index in [0.29, 0.717) is 17.8 Å². The maximum absolute atomic E-state index is 12.7. The van der Waals surface area contributed by atoms with Crippen molar-refractivity contribution in [3.63, 3.8) is 0 Å². The average Bonchev–Trinajstić information content (AvgIpc) is 3.25. The highest BCUT2D eigenvalue weighted by molar-refractivity contribution is 7.92. The molecule has 4 aromatic rings. The molecular weight excluding hydrogens is 436 g/mol. The molecule has 0 atom stereocenters. The molecule has 1 heterocycles. The van der Waals surface area contributed by atoms with Gasteiger partial charge in [-0.15, -0.1) is 0 Å². The standard InChI is InChI=1S/C25H24N4O3S/c1-18-8-11-21(16-24(18)28-33(31,32)23-6-4-3-5-7-23)25(30)27-17-20-9-12-22(13-10-20)29-15-14-26-19(29)2/h3-16,28H,17H2,1-2H3,(H,27,30). The normalized spacial score (nSPS) is 11.2. The average molecular weight is 461 g/mol. The first-order valence-corrected chi connectivity index (χ1v) is 11.9. The first-order chi connectivity index (χ1) is 15.8. The van der Waals surface area contributed by atoms with Crippen molar-refractivity contribution < 1.29 is 13.2 Å². The molecule has 0 aliphatic heterocycles. The quantitative estimate of drug-likeness (QED) is 0.432. The van der Waals surface area contributed by atoms with E-state index in [1.807, 2.05) is 42.0 Å². The minimum atomic E-state index is -3.75. The molecule has 33 heavy (non-hydrogen) atoms. The van der Waals surface area contributed by atoms with Gasteiger partial charge in [-0.05, 0) is 61.4 Å². The summed E-state index contributed by atoms with van der Waals surface area (Å²) in [4.78, 5) is 17.1. The van der Waals surface area contributed by atoms with Crippen LogP contribution in [0.2, 0.25) is 0 Å². The zero-order chi connectivity index (χ0) is 23.4. The van der Waals surface area contributed by atoms with Gasteiger partial charge in [-0.2, -0.15) is 0 Å². The fourth-order valence-electron chi connectivity index (χ4n) is 3.39. The van der Waals surface area contributed by atoms with Crippen LogP contribution in [0, 0.1) is 13.8 Å². The van der Waals surface area contributed by atoms with Crippen LogP contribution < -0.4 is 10.0 Å². The number of amides is 1. The largest absolute Gasteiger partial charge is 0.348 e. The van der Waals surface area contributed by atoms with Crippen molar-refractivity contribution in [3.8, 4) is 5.69 Å². The molecule has 7 nitrogen and oxygen atoms in total. The van der Waals surface area contributed by atoms with Crippen molar-refractivity contribution in [1.82, 2.24) is 14.9 Å². The molecule has 0 saturated heterocycles. The summed E-state index contributed by atoms with van der Waals surface area (Å²) < 4.78 is 29.9. The van der Waals surface area contributed by atoms with Gasteiger partial charge in [-0.3, -0.25) is 9.52 Å². The molecule has 0 saturated carbocycles. The van der Waals surface area contributed by atoms with Crippen LogP contribution in [0.3, 0.4) is 0 Å². The summed E-state index contributed by atoms with van der Waals surface area (Å²) in [6.45, 7) is 4.07. The molecule has 0 bridgehead atoms. The first kappa shape index (κ1) is 22.3. The van der Waals surface area contributed by atoms with Crippen LogP contribution >= 0.6 is 0 Å². The number of carbonyl (C=O) groups is 1. The molecule has 8 heteroatoms. The van der Waals surface area contributed by atoms with Crippen LogP contribution in [-0.4, -0.2) is 23.9 Å². The van der Waals surface area contributed by atoms with Gasteiger partial charge >= 0.3 is 0 Å².